The molecule has 0 unspecified atom stereocenters. The summed E-state index contributed by atoms with van der Waals surface area (Å²) in [6.45, 7) is 3.91. The summed E-state index contributed by atoms with van der Waals surface area (Å²) in [6.07, 6.45) is 0. The molecule has 0 saturated carbocycles. The average Bonchev–Trinajstić information content (AvgIpc) is 2.89. The van der Waals surface area contributed by atoms with Gasteiger partial charge in [-0.15, -0.1) is 0 Å². The van der Waals surface area contributed by atoms with Crippen molar-refractivity contribution in [3.05, 3.63) is 65.2 Å². The van der Waals surface area contributed by atoms with Gasteiger partial charge in [-0.25, -0.2) is 8.42 Å². The van der Waals surface area contributed by atoms with Gasteiger partial charge in [0.15, 0.2) is 0 Å². The van der Waals surface area contributed by atoms with Gasteiger partial charge in [-0.2, -0.15) is 4.57 Å². The fourth-order valence-electron chi connectivity index (χ4n) is 2.83. The van der Waals surface area contributed by atoms with Crippen LogP contribution in [-0.2, 0) is 17.2 Å². The Morgan fingerprint density at radius 2 is 1.59 bits per heavy atom. The van der Waals surface area contributed by atoms with Crippen molar-refractivity contribution in [3.63, 3.8) is 0 Å². The number of fused-ring (bicyclic) bond motifs is 3. The van der Waals surface area contributed by atoms with E-state index in [1.165, 1.54) is 22.7 Å². The molecule has 1 aromatic heterocycles. The first-order chi connectivity index (χ1) is 12.7. The standard InChI is InChI=1S/C13H11NOS.C7H8O3S/c1-8-14(2)13-10-6-4-3-5-9(10)11(15)7-12(13)16-8;1-6-2-4-7(5-3-6)11(8,9)10/h3-7H,1-2H3;2-5H,1H3,(H,8,9,10). The third kappa shape index (κ3) is 3.95. The zero-order chi connectivity index (χ0) is 19.8. The number of rotatable bonds is 1. The second-order valence-corrected chi connectivity index (χ2v) is 8.85. The molecule has 1 heterocycles. The minimum Gasteiger partial charge on any atom is -0.744 e. The summed E-state index contributed by atoms with van der Waals surface area (Å²) in [6, 6.07) is 15.6. The molecule has 140 valence electrons. The Morgan fingerprint density at radius 1 is 1.00 bits per heavy atom. The number of aryl methyl sites for hydroxylation is 3. The van der Waals surface area contributed by atoms with Gasteiger partial charge in [0.05, 0.1) is 10.3 Å². The van der Waals surface area contributed by atoms with Crippen LogP contribution in [0.25, 0.3) is 21.0 Å². The van der Waals surface area contributed by atoms with E-state index in [0.29, 0.717) is 5.75 Å². The van der Waals surface area contributed by atoms with E-state index in [1.807, 2.05) is 31.2 Å². The fourth-order valence-corrected chi connectivity index (χ4v) is 4.36. The molecule has 0 atom stereocenters. The molecular weight excluding hydrogens is 382 g/mol. The molecule has 0 aliphatic heterocycles. The molecule has 0 spiro atoms. The monoisotopic (exact) mass is 401 g/mol. The van der Waals surface area contributed by atoms with Gasteiger partial charge in [-0.05, 0) is 25.1 Å². The Bertz CT molecular complexity index is 1230. The molecule has 0 aliphatic rings. The SMILES string of the molecule is Cc1ccc(S(=O)(=O)[O-])cc1.Cc1sc2cc(O)c3ccccc3c2[n+]1C. The van der Waals surface area contributed by atoms with Crippen LogP contribution in [0, 0.1) is 13.8 Å². The second kappa shape index (κ2) is 7.26. The second-order valence-electron chi connectivity index (χ2n) is 6.24. The van der Waals surface area contributed by atoms with Crippen LogP contribution in [0.3, 0.4) is 0 Å². The lowest BCUT2D eigenvalue weighted by molar-refractivity contribution is -0.645. The highest BCUT2D eigenvalue weighted by Crippen LogP contribution is 2.33. The largest absolute Gasteiger partial charge is 0.744 e. The van der Waals surface area contributed by atoms with E-state index in [1.54, 1.807) is 23.5 Å². The van der Waals surface area contributed by atoms with Crippen molar-refractivity contribution in [3.8, 4) is 5.75 Å². The zero-order valence-corrected chi connectivity index (χ0v) is 16.8. The van der Waals surface area contributed by atoms with Gasteiger partial charge >= 0.3 is 0 Å². The van der Waals surface area contributed by atoms with Crippen LogP contribution in [0.2, 0.25) is 0 Å². The summed E-state index contributed by atoms with van der Waals surface area (Å²) in [5.41, 5.74) is 2.13. The van der Waals surface area contributed by atoms with Crippen molar-refractivity contribution in [2.75, 3.05) is 0 Å². The van der Waals surface area contributed by atoms with Crippen LogP contribution in [0.4, 0.5) is 0 Å². The number of phenols is 1. The molecule has 0 fully saturated rings. The third-order valence-corrected chi connectivity index (χ3v) is 6.28. The summed E-state index contributed by atoms with van der Waals surface area (Å²) in [5.74, 6) is 0.366. The number of hydrogen-bond acceptors (Lipinski definition) is 5. The van der Waals surface area contributed by atoms with Crippen molar-refractivity contribution in [1.29, 1.82) is 0 Å². The predicted octanol–water partition coefficient (Wildman–Crippen LogP) is 3.79. The van der Waals surface area contributed by atoms with Crippen LogP contribution in [0.5, 0.6) is 5.75 Å². The highest BCUT2D eigenvalue weighted by molar-refractivity contribution is 7.85. The minimum absolute atomic E-state index is 0.178. The highest BCUT2D eigenvalue weighted by atomic mass is 32.2. The van der Waals surface area contributed by atoms with Gasteiger partial charge < -0.3 is 9.66 Å². The molecule has 0 saturated heterocycles. The van der Waals surface area contributed by atoms with Gasteiger partial charge in [0.1, 0.15) is 27.6 Å². The van der Waals surface area contributed by atoms with E-state index >= 15 is 0 Å². The Kier molecular flexibility index (Phi) is 5.19. The van der Waals surface area contributed by atoms with Crippen molar-refractivity contribution in [2.24, 2.45) is 7.05 Å². The van der Waals surface area contributed by atoms with Gasteiger partial charge in [-0.1, -0.05) is 47.2 Å². The van der Waals surface area contributed by atoms with Crippen LogP contribution < -0.4 is 4.57 Å². The van der Waals surface area contributed by atoms with Gasteiger partial charge in [0, 0.05) is 18.4 Å². The molecular formula is C20H19NO4S2. The lowest BCUT2D eigenvalue weighted by Gasteiger charge is -2.05. The van der Waals surface area contributed by atoms with Gasteiger partial charge in [0.2, 0.25) is 10.5 Å². The normalized spacial score (nSPS) is 11.4. The number of nitrogens with zero attached hydrogens (tertiary/aromatic N) is 1. The number of thiazole rings is 1. The number of phenolic OH excluding ortho intramolecular Hbond substituents is 1. The smallest absolute Gasteiger partial charge is 0.234 e. The van der Waals surface area contributed by atoms with Crippen LogP contribution >= 0.6 is 11.3 Å². The first-order valence-electron chi connectivity index (χ1n) is 8.21. The first-order valence-corrected chi connectivity index (χ1v) is 10.4. The third-order valence-electron chi connectivity index (χ3n) is 4.33. The average molecular weight is 402 g/mol. The molecule has 0 bridgehead atoms. The predicted molar refractivity (Wildman–Crippen MR) is 106 cm³/mol. The maximum absolute atomic E-state index is 10.4. The molecule has 5 nitrogen and oxygen atoms in total. The summed E-state index contributed by atoms with van der Waals surface area (Å²) < 4.78 is 34.5. The Hall–Kier alpha value is -2.48. The maximum Gasteiger partial charge on any atom is 0.234 e. The van der Waals surface area contributed by atoms with E-state index in [9.17, 15) is 18.1 Å². The Morgan fingerprint density at radius 3 is 2.19 bits per heavy atom. The minimum atomic E-state index is -4.27. The number of hydrogen-bond donors (Lipinski definition) is 1. The molecule has 0 aliphatic carbocycles. The molecule has 0 amide bonds. The summed E-state index contributed by atoms with van der Waals surface area (Å²) in [7, 11) is -2.20. The quantitative estimate of drug-likeness (QED) is 0.389. The molecule has 0 radical (unpaired) electrons. The van der Waals surface area contributed by atoms with Crippen LogP contribution in [0.1, 0.15) is 10.6 Å². The first kappa shape index (κ1) is 19.3. The van der Waals surface area contributed by atoms with Crippen LogP contribution in [0.15, 0.2) is 59.5 Å². The molecule has 1 N–H and O–H groups in total. The van der Waals surface area contributed by atoms with E-state index in [-0.39, 0.29) is 4.90 Å². The molecule has 4 rings (SSSR count). The van der Waals surface area contributed by atoms with E-state index in [2.05, 4.69) is 24.6 Å². The number of aromatic hydroxyl groups is 1. The van der Waals surface area contributed by atoms with E-state index in [4.69, 9.17) is 0 Å². The molecule has 27 heavy (non-hydrogen) atoms. The van der Waals surface area contributed by atoms with E-state index in [0.717, 1.165) is 21.0 Å². The van der Waals surface area contributed by atoms with Gasteiger partial charge in [-0.3, -0.25) is 0 Å². The zero-order valence-electron chi connectivity index (χ0n) is 15.1. The number of aromatic nitrogens is 1. The highest BCUT2D eigenvalue weighted by Gasteiger charge is 2.18. The molecule has 4 aromatic rings. The topological polar surface area (TPSA) is 81.3 Å². The lowest BCUT2D eigenvalue weighted by atomic mass is 10.1. The Balaban J connectivity index is 0.000000168. The van der Waals surface area contributed by atoms with Gasteiger partial charge in [0.25, 0.3) is 0 Å². The van der Waals surface area contributed by atoms with Crippen molar-refractivity contribution >= 4 is 42.4 Å². The fraction of sp³-hybridized carbons (Fsp3) is 0.150. The lowest BCUT2D eigenvalue weighted by Crippen LogP contribution is -2.28. The maximum atomic E-state index is 10.4. The van der Waals surface area contributed by atoms with Crippen molar-refractivity contribution in [1.82, 2.24) is 0 Å². The summed E-state index contributed by atoms with van der Waals surface area (Å²) in [4.78, 5) is -0.178. The van der Waals surface area contributed by atoms with Crippen molar-refractivity contribution < 1.29 is 22.6 Å². The molecule has 7 heteroatoms. The Labute approximate surface area is 161 Å². The summed E-state index contributed by atoms with van der Waals surface area (Å²) >= 11 is 1.71. The molecule has 3 aromatic carbocycles. The summed E-state index contributed by atoms with van der Waals surface area (Å²) in [5, 5.41) is 13.2. The van der Waals surface area contributed by atoms with Crippen molar-refractivity contribution in [2.45, 2.75) is 18.7 Å². The van der Waals surface area contributed by atoms with Crippen LogP contribution in [-0.4, -0.2) is 18.1 Å². The van der Waals surface area contributed by atoms with E-state index < -0.39 is 10.1 Å². The number of benzene rings is 3.